The van der Waals surface area contributed by atoms with E-state index in [9.17, 15) is 0 Å². The van der Waals surface area contributed by atoms with Crippen molar-refractivity contribution >= 4 is 16.5 Å². The molecular formula is C8H10N4S. The third-order valence-corrected chi connectivity index (χ3v) is 2.77. The van der Waals surface area contributed by atoms with Gasteiger partial charge in [-0.2, -0.15) is 5.10 Å². The minimum absolute atomic E-state index is 0.596. The Morgan fingerprint density at radius 1 is 1.54 bits per heavy atom. The van der Waals surface area contributed by atoms with Crippen molar-refractivity contribution in [3.8, 4) is 10.6 Å². The first-order chi connectivity index (χ1) is 6.16. The number of nitrogens with two attached hydrogens (primary N) is 1. The van der Waals surface area contributed by atoms with Crippen LogP contribution in [0.5, 0.6) is 0 Å². The van der Waals surface area contributed by atoms with Crippen LogP contribution in [0.4, 0.5) is 5.13 Å². The van der Waals surface area contributed by atoms with Gasteiger partial charge in [0.05, 0.1) is 10.6 Å². The predicted molar refractivity (Wildman–Crippen MR) is 53.5 cm³/mol. The number of nitrogens with zero attached hydrogens (tertiary/aromatic N) is 3. The fraction of sp³-hybridized carbons (Fsp3) is 0.250. The van der Waals surface area contributed by atoms with Crippen LogP contribution in [-0.2, 0) is 7.05 Å². The van der Waals surface area contributed by atoms with E-state index in [2.05, 4.69) is 10.1 Å². The summed E-state index contributed by atoms with van der Waals surface area (Å²) in [6.45, 7) is 1.94. The van der Waals surface area contributed by atoms with E-state index in [4.69, 9.17) is 5.73 Å². The molecule has 68 valence electrons. The number of anilines is 1. The fourth-order valence-corrected chi connectivity index (χ4v) is 1.99. The first kappa shape index (κ1) is 8.25. The number of hydrogen-bond donors (Lipinski definition) is 1. The molecule has 0 unspecified atom stereocenters. The Balaban J connectivity index is 2.51. The van der Waals surface area contributed by atoms with E-state index in [-0.39, 0.29) is 0 Å². The van der Waals surface area contributed by atoms with Gasteiger partial charge in [-0.25, -0.2) is 4.98 Å². The summed E-state index contributed by atoms with van der Waals surface area (Å²) >= 11 is 1.47. The minimum Gasteiger partial charge on any atom is -0.375 e. The van der Waals surface area contributed by atoms with Crippen LogP contribution in [0.1, 0.15) is 5.69 Å². The average Bonchev–Trinajstić information content (AvgIpc) is 2.58. The summed E-state index contributed by atoms with van der Waals surface area (Å²) in [7, 11) is 1.89. The summed E-state index contributed by atoms with van der Waals surface area (Å²) < 4.78 is 1.77. The lowest BCUT2D eigenvalue weighted by Crippen LogP contribution is -1.87. The molecule has 0 spiro atoms. The SMILES string of the molecule is Cc1nc(N)sc1-c1ccn(C)n1. The number of thiazole rings is 1. The summed E-state index contributed by atoms with van der Waals surface area (Å²) in [6, 6.07) is 1.96. The normalized spacial score (nSPS) is 10.6. The molecule has 2 rings (SSSR count). The molecule has 0 fully saturated rings. The zero-order valence-electron chi connectivity index (χ0n) is 7.48. The topological polar surface area (TPSA) is 56.7 Å². The smallest absolute Gasteiger partial charge is 0.180 e. The van der Waals surface area contributed by atoms with Crippen molar-refractivity contribution in [2.45, 2.75) is 6.92 Å². The van der Waals surface area contributed by atoms with Gasteiger partial charge in [-0.05, 0) is 13.0 Å². The van der Waals surface area contributed by atoms with Crippen molar-refractivity contribution < 1.29 is 0 Å². The van der Waals surface area contributed by atoms with E-state index in [1.54, 1.807) is 4.68 Å². The van der Waals surface area contributed by atoms with Crippen molar-refractivity contribution in [2.24, 2.45) is 7.05 Å². The molecule has 13 heavy (non-hydrogen) atoms. The highest BCUT2D eigenvalue weighted by Gasteiger charge is 2.09. The van der Waals surface area contributed by atoms with Gasteiger partial charge < -0.3 is 5.73 Å². The molecule has 0 aliphatic carbocycles. The molecule has 0 saturated carbocycles. The summed E-state index contributed by atoms with van der Waals surface area (Å²) in [5, 5.41) is 4.88. The lowest BCUT2D eigenvalue weighted by molar-refractivity contribution is 0.771. The van der Waals surface area contributed by atoms with Gasteiger partial charge in [0, 0.05) is 13.2 Å². The van der Waals surface area contributed by atoms with Crippen LogP contribution >= 0.6 is 11.3 Å². The maximum absolute atomic E-state index is 5.60. The van der Waals surface area contributed by atoms with Gasteiger partial charge >= 0.3 is 0 Å². The van der Waals surface area contributed by atoms with Crippen LogP contribution in [0.3, 0.4) is 0 Å². The Bertz CT molecular complexity index is 429. The van der Waals surface area contributed by atoms with Crippen LogP contribution in [0.25, 0.3) is 10.6 Å². The Kier molecular flexibility index (Phi) is 1.81. The van der Waals surface area contributed by atoms with Gasteiger partial charge in [-0.15, -0.1) is 0 Å². The first-order valence-electron chi connectivity index (χ1n) is 3.90. The summed E-state index contributed by atoms with van der Waals surface area (Å²) in [4.78, 5) is 5.20. The largest absolute Gasteiger partial charge is 0.375 e. The van der Waals surface area contributed by atoms with Gasteiger partial charge in [0.1, 0.15) is 5.69 Å². The van der Waals surface area contributed by atoms with Gasteiger partial charge in [0.25, 0.3) is 0 Å². The van der Waals surface area contributed by atoms with Gasteiger partial charge in [-0.3, -0.25) is 4.68 Å². The molecule has 0 saturated heterocycles. The zero-order valence-corrected chi connectivity index (χ0v) is 8.30. The molecule has 0 aliphatic rings. The molecule has 0 radical (unpaired) electrons. The molecule has 5 heteroatoms. The number of rotatable bonds is 1. The molecule has 0 aliphatic heterocycles. The monoisotopic (exact) mass is 194 g/mol. The quantitative estimate of drug-likeness (QED) is 0.747. The number of aromatic nitrogens is 3. The lowest BCUT2D eigenvalue weighted by atomic mass is 10.3. The third-order valence-electron chi connectivity index (χ3n) is 1.76. The van der Waals surface area contributed by atoms with Crippen LogP contribution in [0.15, 0.2) is 12.3 Å². The van der Waals surface area contributed by atoms with E-state index in [1.807, 2.05) is 26.2 Å². The molecule has 4 nitrogen and oxygen atoms in total. The zero-order chi connectivity index (χ0) is 9.42. The van der Waals surface area contributed by atoms with Crippen LogP contribution < -0.4 is 5.73 Å². The number of hydrogen-bond acceptors (Lipinski definition) is 4. The highest BCUT2D eigenvalue weighted by Crippen LogP contribution is 2.29. The Hall–Kier alpha value is -1.36. The van der Waals surface area contributed by atoms with Crippen molar-refractivity contribution in [2.75, 3.05) is 5.73 Å². The van der Waals surface area contributed by atoms with Crippen molar-refractivity contribution in [1.29, 1.82) is 0 Å². The highest BCUT2D eigenvalue weighted by atomic mass is 32.1. The fourth-order valence-electron chi connectivity index (χ4n) is 1.19. The average molecular weight is 194 g/mol. The molecule has 0 aromatic carbocycles. The minimum atomic E-state index is 0.596. The van der Waals surface area contributed by atoms with E-state index in [1.165, 1.54) is 11.3 Å². The predicted octanol–water partition coefficient (Wildman–Crippen LogP) is 1.43. The molecule has 0 bridgehead atoms. The molecular weight excluding hydrogens is 184 g/mol. The maximum Gasteiger partial charge on any atom is 0.180 e. The van der Waals surface area contributed by atoms with E-state index in [0.29, 0.717) is 5.13 Å². The van der Waals surface area contributed by atoms with Crippen LogP contribution in [0, 0.1) is 6.92 Å². The van der Waals surface area contributed by atoms with Crippen LogP contribution in [-0.4, -0.2) is 14.8 Å². The highest BCUT2D eigenvalue weighted by molar-refractivity contribution is 7.18. The third kappa shape index (κ3) is 1.42. The Labute approximate surface area is 80.0 Å². The molecule has 2 N–H and O–H groups in total. The van der Waals surface area contributed by atoms with Gasteiger partial charge in [0.15, 0.2) is 5.13 Å². The summed E-state index contributed by atoms with van der Waals surface area (Å²) in [5.74, 6) is 0. The second-order valence-corrected chi connectivity index (χ2v) is 3.87. The standard InChI is InChI=1S/C8H10N4S/c1-5-7(13-8(9)10-5)6-3-4-12(2)11-6/h3-4H,1-2H3,(H2,9,10). The van der Waals surface area contributed by atoms with Crippen molar-refractivity contribution in [3.05, 3.63) is 18.0 Å². The second kappa shape index (κ2) is 2.85. The molecule has 2 aromatic heterocycles. The molecule has 0 amide bonds. The summed E-state index contributed by atoms with van der Waals surface area (Å²) in [5.41, 5.74) is 7.48. The Morgan fingerprint density at radius 3 is 2.77 bits per heavy atom. The molecule has 2 heterocycles. The van der Waals surface area contributed by atoms with Crippen molar-refractivity contribution in [3.63, 3.8) is 0 Å². The lowest BCUT2D eigenvalue weighted by Gasteiger charge is -1.90. The number of aryl methyl sites for hydroxylation is 2. The van der Waals surface area contributed by atoms with Gasteiger partial charge in [-0.1, -0.05) is 11.3 Å². The van der Waals surface area contributed by atoms with E-state index < -0.39 is 0 Å². The van der Waals surface area contributed by atoms with Crippen LogP contribution in [0.2, 0.25) is 0 Å². The first-order valence-corrected chi connectivity index (χ1v) is 4.71. The van der Waals surface area contributed by atoms with E-state index in [0.717, 1.165) is 16.3 Å². The maximum atomic E-state index is 5.60. The Morgan fingerprint density at radius 2 is 2.31 bits per heavy atom. The van der Waals surface area contributed by atoms with E-state index >= 15 is 0 Å². The van der Waals surface area contributed by atoms with Gasteiger partial charge in [0.2, 0.25) is 0 Å². The second-order valence-electron chi connectivity index (χ2n) is 2.84. The summed E-state index contributed by atoms with van der Waals surface area (Å²) in [6.07, 6.45) is 1.91. The molecule has 2 aromatic rings. The molecule has 0 atom stereocenters. The number of nitrogen functional groups attached to an aromatic ring is 1. The van der Waals surface area contributed by atoms with Crippen molar-refractivity contribution in [1.82, 2.24) is 14.8 Å².